The molecule has 24 heavy (non-hydrogen) atoms. The van der Waals surface area contributed by atoms with E-state index in [1.54, 1.807) is 23.6 Å². The highest BCUT2D eigenvalue weighted by Crippen LogP contribution is 2.33. The predicted molar refractivity (Wildman–Crippen MR) is 94.7 cm³/mol. The van der Waals surface area contributed by atoms with Crippen molar-refractivity contribution in [1.82, 2.24) is 15.3 Å². The van der Waals surface area contributed by atoms with Crippen LogP contribution in [0.5, 0.6) is 0 Å². The van der Waals surface area contributed by atoms with Crippen molar-refractivity contribution in [3.8, 4) is 0 Å². The van der Waals surface area contributed by atoms with Gasteiger partial charge in [0.05, 0.1) is 12.6 Å². The highest BCUT2D eigenvalue weighted by atomic mass is 32.1. The molecule has 0 saturated heterocycles. The summed E-state index contributed by atoms with van der Waals surface area (Å²) in [5.74, 6) is 0.999. The van der Waals surface area contributed by atoms with Crippen LogP contribution in [-0.4, -0.2) is 42.7 Å². The summed E-state index contributed by atoms with van der Waals surface area (Å²) in [5, 5.41) is 7.66. The van der Waals surface area contributed by atoms with Gasteiger partial charge in [0.1, 0.15) is 11.9 Å². The Balaban J connectivity index is 1.62. The summed E-state index contributed by atoms with van der Waals surface area (Å²) in [4.78, 5) is 23.8. The number of amides is 2. The summed E-state index contributed by atoms with van der Waals surface area (Å²) < 4.78 is 5.85. The van der Waals surface area contributed by atoms with Crippen LogP contribution >= 0.6 is 11.3 Å². The Morgan fingerprint density at radius 2 is 2.29 bits per heavy atom. The monoisotopic (exact) mass is 347 g/mol. The number of fused-ring (bicyclic) bond motifs is 1. The molecule has 0 radical (unpaired) electrons. The van der Waals surface area contributed by atoms with E-state index < -0.39 is 0 Å². The van der Waals surface area contributed by atoms with Crippen LogP contribution in [0.3, 0.4) is 0 Å². The van der Waals surface area contributed by atoms with Crippen LogP contribution < -0.4 is 15.5 Å². The second-order valence-electron chi connectivity index (χ2n) is 5.86. The number of hydrogen-bond acceptors (Lipinski definition) is 6. The van der Waals surface area contributed by atoms with Crippen LogP contribution in [0, 0.1) is 0 Å². The molecular weight excluding hydrogens is 326 g/mol. The molecule has 0 spiro atoms. The van der Waals surface area contributed by atoms with E-state index in [4.69, 9.17) is 4.74 Å². The van der Waals surface area contributed by atoms with E-state index in [0.717, 1.165) is 12.2 Å². The Hall–Kier alpha value is -2.19. The summed E-state index contributed by atoms with van der Waals surface area (Å²) >= 11 is 1.74. The lowest BCUT2D eigenvalue weighted by Gasteiger charge is -2.29. The molecule has 1 aliphatic rings. The van der Waals surface area contributed by atoms with Crippen molar-refractivity contribution in [2.45, 2.75) is 25.5 Å². The van der Waals surface area contributed by atoms with E-state index in [1.807, 2.05) is 25.9 Å². The van der Waals surface area contributed by atoms with Gasteiger partial charge in [-0.25, -0.2) is 9.78 Å². The number of rotatable bonds is 4. The minimum atomic E-state index is -0.343. The first-order valence-corrected chi connectivity index (χ1v) is 8.68. The van der Waals surface area contributed by atoms with Crippen LogP contribution in [0.2, 0.25) is 0 Å². The standard InChI is InChI=1S/C16H21N5O2S/c1-10(14-11-6-9-24-12(11)5-8-23-14)18-16(22)20-15-17-7-4-13(19-15)21(2)3/h4,6-7,9-10,14H,5,8H2,1-3H3,(H2,17,18,19,20,22)/t10-,14-/m1/s1. The van der Waals surface area contributed by atoms with Crippen molar-refractivity contribution in [1.29, 1.82) is 0 Å². The molecule has 7 nitrogen and oxygen atoms in total. The van der Waals surface area contributed by atoms with Gasteiger partial charge >= 0.3 is 6.03 Å². The molecule has 0 aliphatic carbocycles. The molecule has 128 valence electrons. The quantitative estimate of drug-likeness (QED) is 0.888. The second-order valence-corrected chi connectivity index (χ2v) is 6.86. The molecule has 0 aromatic carbocycles. The first-order chi connectivity index (χ1) is 11.5. The first kappa shape index (κ1) is 16.7. The summed E-state index contributed by atoms with van der Waals surface area (Å²) in [6, 6.07) is 3.35. The van der Waals surface area contributed by atoms with Crippen LogP contribution in [0.15, 0.2) is 23.7 Å². The second kappa shape index (κ2) is 7.14. The molecule has 2 aromatic heterocycles. The number of carbonyl (C=O) groups is 1. The van der Waals surface area contributed by atoms with E-state index in [9.17, 15) is 4.79 Å². The topological polar surface area (TPSA) is 79.4 Å². The number of urea groups is 1. The Labute approximate surface area is 145 Å². The van der Waals surface area contributed by atoms with Gasteiger partial charge in [0.2, 0.25) is 5.95 Å². The SMILES string of the molecule is C[C@@H](NC(=O)Nc1nccc(N(C)C)n1)[C@H]1OCCc2sccc21. The molecule has 0 saturated carbocycles. The third-order valence-electron chi connectivity index (χ3n) is 3.85. The van der Waals surface area contributed by atoms with Crippen LogP contribution in [0.4, 0.5) is 16.6 Å². The van der Waals surface area contributed by atoms with Gasteiger partial charge in [-0.1, -0.05) is 0 Å². The number of aromatic nitrogens is 2. The molecular formula is C16H21N5O2S. The molecule has 0 bridgehead atoms. The van der Waals surface area contributed by atoms with Crippen molar-refractivity contribution >= 4 is 29.1 Å². The third-order valence-corrected chi connectivity index (χ3v) is 4.85. The lowest BCUT2D eigenvalue weighted by molar-refractivity contribution is 0.0238. The molecule has 3 heterocycles. The number of nitrogens with one attached hydrogen (secondary N) is 2. The fourth-order valence-electron chi connectivity index (χ4n) is 2.67. The minimum absolute atomic E-state index is 0.125. The normalized spacial score (nSPS) is 17.7. The maximum Gasteiger partial charge on any atom is 0.321 e. The van der Waals surface area contributed by atoms with E-state index in [1.165, 1.54) is 10.4 Å². The van der Waals surface area contributed by atoms with Gasteiger partial charge in [-0.15, -0.1) is 11.3 Å². The minimum Gasteiger partial charge on any atom is -0.371 e. The van der Waals surface area contributed by atoms with Gasteiger partial charge in [0.15, 0.2) is 0 Å². The van der Waals surface area contributed by atoms with E-state index in [-0.39, 0.29) is 24.1 Å². The zero-order valence-corrected chi connectivity index (χ0v) is 14.8. The molecule has 0 unspecified atom stereocenters. The highest BCUT2D eigenvalue weighted by Gasteiger charge is 2.28. The lowest BCUT2D eigenvalue weighted by Crippen LogP contribution is -2.41. The Kier molecular flexibility index (Phi) is 4.96. The molecule has 2 aromatic rings. The summed E-state index contributed by atoms with van der Waals surface area (Å²) in [5.41, 5.74) is 1.17. The van der Waals surface area contributed by atoms with Gasteiger partial charge in [-0.05, 0) is 30.0 Å². The van der Waals surface area contributed by atoms with Gasteiger partial charge in [-0.3, -0.25) is 5.32 Å². The van der Waals surface area contributed by atoms with Gasteiger partial charge in [0.25, 0.3) is 0 Å². The summed E-state index contributed by atoms with van der Waals surface area (Å²) in [6.45, 7) is 2.62. The van der Waals surface area contributed by atoms with Crippen molar-refractivity contribution < 1.29 is 9.53 Å². The zero-order chi connectivity index (χ0) is 17.1. The van der Waals surface area contributed by atoms with Crippen LogP contribution in [-0.2, 0) is 11.2 Å². The molecule has 2 amide bonds. The van der Waals surface area contributed by atoms with Crippen molar-refractivity contribution in [2.24, 2.45) is 0 Å². The molecule has 0 fully saturated rings. The van der Waals surface area contributed by atoms with E-state index in [2.05, 4.69) is 32.0 Å². The number of anilines is 2. The highest BCUT2D eigenvalue weighted by molar-refractivity contribution is 7.10. The van der Waals surface area contributed by atoms with Gasteiger partial charge in [0, 0.05) is 31.6 Å². The number of carbonyl (C=O) groups excluding carboxylic acids is 1. The Morgan fingerprint density at radius 1 is 1.46 bits per heavy atom. The van der Waals surface area contributed by atoms with Crippen LogP contribution in [0.1, 0.15) is 23.5 Å². The fraction of sp³-hybridized carbons (Fsp3) is 0.438. The molecule has 8 heteroatoms. The molecule has 2 N–H and O–H groups in total. The van der Waals surface area contributed by atoms with Crippen molar-refractivity contribution in [3.05, 3.63) is 34.2 Å². The zero-order valence-electron chi connectivity index (χ0n) is 13.9. The number of thiophene rings is 1. The van der Waals surface area contributed by atoms with Crippen molar-refractivity contribution in [2.75, 3.05) is 30.9 Å². The predicted octanol–water partition coefficient (Wildman–Crippen LogP) is 2.43. The Morgan fingerprint density at radius 3 is 3.08 bits per heavy atom. The maximum absolute atomic E-state index is 12.2. The number of hydrogen-bond donors (Lipinski definition) is 2. The first-order valence-electron chi connectivity index (χ1n) is 7.80. The van der Waals surface area contributed by atoms with Crippen molar-refractivity contribution in [3.63, 3.8) is 0 Å². The smallest absolute Gasteiger partial charge is 0.321 e. The summed E-state index contributed by atoms with van der Waals surface area (Å²) in [6.07, 6.45) is 2.43. The average molecular weight is 347 g/mol. The molecule has 3 rings (SSSR count). The Bertz CT molecular complexity index is 718. The van der Waals surface area contributed by atoms with Gasteiger partial charge in [-0.2, -0.15) is 4.98 Å². The number of nitrogens with zero attached hydrogens (tertiary/aromatic N) is 3. The lowest BCUT2D eigenvalue weighted by atomic mass is 10.0. The van der Waals surface area contributed by atoms with Crippen LogP contribution in [0.25, 0.3) is 0 Å². The van der Waals surface area contributed by atoms with Gasteiger partial charge < -0.3 is 15.0 Å². The fourth-order valence-corrected chi connectivity index (χ4v) is 3.57. The third kappa shape index (κ3) is 3.65. The van der Waals surface area contributed by atoms with E-state index >= 15 is 0 Å². The molecule has 1 aliphatic heterocycles. The maximum atomic E-state index is 12.2. The molecule has 2 atom stereocenters. The number of ether oxygens (including phenoxy) is 1. The summed E-state index contributed by atoms with van der Waals surface area (Å²) in [7, 11) is 3.76. The largest absolute Gasteiger partial charge is 0.371 e. The average Bonchev–Trinajstić information content (AvgIpc) is 3.03. The van der Waals surface area contributed by atoms with E-state index in [0.29, 0.717) is 6.61 Å².